The predicted octanol–water partition coefficient (Wildman–Crippen LogP) is 2.66. The first-order valence-electron chi connectivity index (χ1n) is 5.92. The van der Waals surface area contributed by atoms with Crippen LogP contribution >= 0.6 is 11.8 Å². The van der Waals surface area contributed by atoms with Crippen molar-refractivity contribution in [3.8, 4) is 0 Å². The summed E-state index contributed by atoms with van der Waals surface area (Å²) in [5.74, 6) is 1.05. The number of aryl methyl sites for hydroxylation is 1. The number of aliphatic imine (C=N–C) groups is 2. The van der Waals surface area contributed by atoms with E-state index in [4.69, 9.17) is 0 Å². The largest absolute Gasteiger partial charge is 0.309 e. The van der Waals surface area contributed by atoms with E-state index in [-0.39, 0.29) is 5.56 Å². The Kier molecular flexibility index (Phi) is 4.47. The van der Waals surface area contributed by atoms with E-state index in [1.165, 1.54) is 18.0 Å². The van der Waals surface area contributed by atoms with Crippen LogP contribution in [0.5, 0.6) is 0 Å². The summed E-state index contributed by atoms with van der Waals surface area (Å²) >= 11 is 1.34. The van der Waals surface area contributed by atoms with Crippen molar-refractivity contribution in [2.24, 2.45) is 9.98 Å². The van der Waals surface area contributed by atoms with Gasteiger partial charge in [-0.25, -0.2) is 15.0 Å². The molecule has 1 aromatic heterocycles. The second kappa shape index (κ2) is 6.29. The SMILES string of the molecule is C=C/N=C(\N=C)SCc1nc2c(C)cccc2c(=O)[nH]1. The maximum Gasteiger partial charge on any atom is 0.258 e. The van der Waals surface area contributed by atoms with Crippen molar-refractivity contribution in [2.45, 2.75) is 12.7 Å². The molecule has 1 heterocycles. The van der Waals surface area contributed by atoms with E-state index in [1.807, 2.05) is 19.1 Å². The number of thioether (sulfide) groups is 1. The van der Waals surface area contributed by atoms with Crippen LogP contribution in [-0.2, 0) is 5.75 Å². The summed E-state index contributed by atoms with van der Waals surface area (Å²) in [4.78, 5) is 27.0. The van der Waals surface area contributed by atoms with Gasteiger partial charge < -0.3 is 4.98 Å². The van der Waals surface area contributed by atoms with Gasteiger partial charge in [0.05, 0.1) is 16.7 Å². The van der Waals surface area contributed by atoms with Gasteiger partial charge in [-0.3, -0.25) is 4.79 Å². The molecular weight excluding hydrogens is 272 g/mol. The van der Waals surface area contributed by atoms with Crippen molar-refractivity contribution in [3.63, 3.8) is 0 Å². The van der Waals surface area contributed by atoms with Crippen LogP contribution in [0.1, 0.15) is 11.4 Å². The summed E-state index contributed by atoms with van der Waals surface area (Å²) in [7, 11) is 0. The molecule has 0 aliphatic rings. The maximum atomic E-state index is 12.0. The first-order valence-corrected chi connectivity index (χ1v) is 6.91. The Balaban J connectivity index is 2.34. The Morgan fingerprint density at radius 2 is 2.35 bits per heavy atom. The number of rotatable bonds is 3. The van der Waals surface area contributed by atoms with E-state index in [9.17, 15) is 4.79 Å². The van der Waals surface area contributed by atoms with E-state index in [2.05, 4.69) is 33.2 Å². The van der Waals surface area contributed by atoms with Gasteiger partial charge in [0.25, 0.3) is 5.56 Å². The van der Waals surface area contributed by atoms with Gasteiger partial charge >= 0.3 is 0 Å². The quantitative estimate of drug-likeness (QED) is 0.696. The first kappa shape index (κ1) is 14.2. The lowest BCUT2D eigenvalue weighted by molar-refractivity contribution is 1.04. The van der Waals surface area contributed by atoms with Crippen LogP contribution in [0, 0.1) is 6.92 Å². The summed E-state index contributed by atoms with van der Waals surface area (Å²) in [5.41, 5.74) is 1.56. The predicted molar refractivity (Wildman–Crippen MR) is 85.6 cm³/mol. The lowest BCUT2D eigenvalue weighted by Gasteiger charge is -2.04. The highest BCUT2D eigenvalue weighted by molar-refractivity contribution is 8.13. The molecule has 1 aromatic carbocycles. The fourth-order valence-electron chi connectivity index (χ4n) is 1.75. The summed E-state index contributed by atoms with van der Waals surface area (Å²) in [5, 5.41) is 1.09. The Morgan fingerprint density at radius 1 is 1.55 bits per heavy atom. The second-order valence-electron chi connectivity index (χ2n) is 4.02. The summed E-state index contributed by atoms with van der Waals surface area (Å²) in [6, 6.07) is 5.54. The molecular formula is C14H14N4OS. The van der Waals surface area contributed by atoms with Gasteiger partial charge in [-0.2, -0.15) is 0 Å². The molecule has 102 valence electrons. The average molecular weight is 286 g/mol. The summed E-state index contributed by atoms with van der Waals surface area (Å²) < 4.78 is 0. The number of amidine groups is 1. The second-order valence-corrected chi connectivity index (χ2v) is 4.97. The van der Waals surface area contributed by atoms with Crippen LogP contribution in [0.15, 0.2) is 45.8 Å². The summed E-state index contributed by atoms with van der Waals surface area (Å²) in [6.07, 6.45) is 1.40. The number of aromatic amines is 1. The number of benzene rings is 1. The van der Waals surface area contributed by atoms with Gasteiger partial charge in [0, 0.05) is 6.20 Å². The van der Waals surface area contributed by atoms with E-state index < -0.39 is 0 Å². The molecule has 6 heteroatoms. The molecule has 0 atom stereocenters. The minimum Gasteiger partial charge on any atom is -0.309 e. The molecule has 20 heavy (non-hydrogen) atoms. The fourth-order valence-corrected chi connectivity index (χ4v) is 2.40. The number of hydrogen-bond acceptors (Lipinski definition) is 4. The van der Waals surface area contributed by atoms with Crippen LogP contribution in [-0.4, -0.2) is 21.9 Å². The molecule has 0 saturated carbocycles. The molecule has 5 nitrogen and oxygen atoms in total. The van der Waals surface area contributed by atoms with E-state index in [0.717, 1.165) is 11.1 Å². The van der Waals surface area contributed by atoms with Crippen LogP contribution in [0.3, 0.4) is 0 Å². The highest BCUT2D eigenvalue weighted by Gasteiger charge is 2.07. The molecule has 2 rings (SSSR count). The number of nitrogens with one attached hydrogen (secondary N) is 1. The number of H-pyrrole nitrogens is 1. The zero-order valence-electron chi connectivity index (χ0n) is 11.1. The average Bonchev–Trinajstić information content (AvgIpc) is 2.44. The van der Waals surface area contributed by atoms with Gasteiger partial charge in [-0.1, -0.05) is 30.5 Å². The van der Waals surface area contributed by atoms with E-state index in [1.54, 1.807) is 6.07 Å². The third kappa shape index (κ3) is 3.03. The van der Waals surface area contributed by atoms with Crippen molar-refractivity contribution in [2.75, 3.05) is 0 Å². The van der Waals surface area contributed by atoms with Gasteiger partial charge in [0.15, 0.2) is 5.17 Å². The zero-order valence-corrected chi connectivity index (χ0v) is 11.9. The molecule has 0 aliphatic heterocycles. The summed E-state index contributed by atoms with van der Waals surface area (Å²) in [6.45, 7) is 8.87. The van der Waals surface area contributed by atoms with Crippen LogP contribution in [0.2, 0.25) is 0 Å². The Morgan fingerprint density at radius 3 is 3.05 bits per heavy atom. The molecule has 0 bridgehead atoms. The minimum atomic E-state index is -0.136. The van der Waals surface area contributed by atoms with Crippen molar-refractivity contribution in [1.29, 1.82) is 0 Å². The van der Waals surface area contributed by atoms with Crippen molar-refractivity contribution in [1.82, 2.24) is 9.97 Å². The molecule has 1 N–H and O–H groups in total. The molecule has 0 saturated heterocycles. The maximum absolute atomic E-state index is 12.0. The number of fused-ring (bicyclic) bond motifs is 1. The highest BCUT2D eigenvalue weighted by Crippen LogP contribution is 2.15. The smallest absolute Gasteiger partial charge is 0.258 e. The van der Waals surface area contributed by atoms with Gasteiger partial charge in [0.2, 0.25) is 0 Å². The van der Waals surface area contributed by atoms with E-state index >= 15 is 0 Å². The van der Waals surface area contributed by atoms with Gasteiger partial charge in [-0.15, -0.1) is 0 Å². The Labute approximate surface area is 120 Å². The fraction of sp³-hybridized carbons (Fsp3) is 0.143. The Bertz CT molecular complexity index is 748. The van der Waals surface area contributed by atoms with Gasteiger partial charge in [0.1, 0.15) is 5.82 Å². The molecule has 0 amide bonds. The first-order chi connectivity index (χ1) is 9.65. The highest BCUT2D eigenvalue weighted by atomic mass is 32.2. The molecule has 0 unspecified atom stereocenters. The number of para-hydroxylation sites is 1. The van der Waals surface area contributed by atoms with Crippen LogP contribution in [0.4, 0.5) is 0 Å². The topological polar surface area (TPSA) is 70.5 Å². The zero-order chi connectivity index (χ0) is 14.5. The molecule has 0 radical (unpaired) electrons. The molecule has 0 spiro atoms. The van der Waals surface area contributed by atoms with Crippen molar-refractivity contribution >= 4 is 34.5 Å². The molecule has 2 aromatic rings. The lowest BCUT2D eigenvalue weighted by Crippen LogP contribution is -2.12. The van der Waals surface area contributed by atoms with Gasteiger partial charge in [-0.05, 0) is 25.3 Å². The number of hydrogen-bond donors (Lipinski definition) is 1. The number of aromatic nitrogens is 2. The monoisotopic (exact) mass is 286 g/mol. The van der Waals surface area contributed by atoms with Crippen LogP contribution < -0.4 is 5.56 Å². The lowest BCUT2D eigenvalue weighted by atomic mass is 10.1. The third-order valence-electron chi connectivity index (χ3n) is 2.66. The number of nitrogens with zero attached hydrogens (tertiary/aromatic N) is 3. The minimum absolute atomic E-state index is 0.136. The van der Waals surface area contributed by atoms with Crippen LogP contribution in [0.25, 0.3) is 10.9 Å². The normalized spacial score (nSPS) is 11.6. The third-order valence-corrected chi connectivity index (χ3v) is 3.57. The standard InChI is InChI=1S/C14H14N4OS/c1-4-16-14(15-3)20-8-11-17-12-9(2)6-5-7-10(12)13(19)18-11/h4-7H,1,3,8H2,2H3,(H,17,18,19)/b16-14+. The Hall–Kier alpha value is -2.21. The van der Waals surface area contributed by atoms with Crippen molar-refractivity contribution in [3.05, 3.63) is 52.7 Å². The molecule has 0 fully saturated rings. The molecule has 0 aliphatic carbocycles. The van der Waals surface area contributed by atoms with E-state index in [0.29, 0.717) is 22.1 Å². The van der Waals surface area contributed by atoms with Crippen molar-refractivity contribution < 1.29 is 0 Å².